The maximum Gasteiger partial charge on any atom is 0.262 e. The van der Waals surface area contributed by atoms with E-state index in [0.29, 0.717) is 30.9 Å². The predicted octanol–water partition coefficient (Wildman–Crippen LogP) is 2.99. The molecule has 0 saturated carbocycles. The molecule has 0 aliphatic carbocycles. The molecule has 0 atom stereocenters. The third kappa shape index (κ3) is 4.50. The first-order valence-corrected chi connectivity index (χ1v) is 8.22. The molecule has 0 radical (unpaired) electrons. The first-order chi connectivity index (χ1) is 12.1. The second-order valence-corrected chi connectivity index (χ2v) is 5.66. The summed E-state index contributed by atoms with van der Waals surface area (Å²) in [6.45, 7) is 2.44. The van der Waals surface area contributed by atoms with Crippen molar-refractivity contribution < 1.29 is 19.1 Å². The molecule has 3 rings (SSSR count). The first kappa shape index (κ1) is 16.8. The number of hydrogen-bond donors (Lipinski definition) is 2. The van der Waals surface area contributed by atoms with Crippen LogP contribution in [-0.4, -0.2) is 25.0 Å². The van der Waals surface area contributed by atoms with E-state index in [0.717, 1.165) is 17.0 Å². The fraction of sp³-hybridized carbons (Fsp3) is 0.263. The van der Waals surface area contributed by atoms with Crippen LogP contribution in [0.4, 0.5) is 11.4 Å². The molecule has 2 aromatic carbocycles. The van der Waals surface area contributed by atoms with E-state index >= 15 is 0 Å². The van der Waals surface area contributed by atoms with Crippen molar-refractivity contribution in [3.63, 3.8) is 0 Å². The number of anilines is 2. The highest BCUT2D eigenvalue weighted by molar-refractivity contribution is 5.96. The average Bonchev–Trinajstić information content (AvgIpc) is 2.61. The van der Waals surface area contributed by atoms with Crippen molar-refractivity contribution in [1.82, 2.24) is 0 Å². The van der Waals surface area contributed by atoms with Gasteiger partial charge in [-0.1, -0.05) is 0 Å². The Kier molecular flexibility index (Phi) is 5.18. The van der Waals surface area contributed by atoms with Gasteiger partial charge in [-0.2, -0.15) is 0 Å². The van der Waals surface area contributed by atoms with Gasteiger partial charge in [0.1, 0.15) is 11.5 Å². The molecule has 6 heteroatoms. The van der Waals surface area contributed by atoms with Gasteiger partial charge >= 0.3 is 0 Å². The highest BCUT2D eigenvalue weighted by Gasteiger charge is 2.15. The molecule has 130 valence electrons. The van der Waals surface area contributed by atoms with Crippen LogP contribution in [-0.2, 0) is 16.0 Å². The van der Waals surface area contributed by atoms with Crippen molar-refractivity contribution in [2.75, 3.05) is 23.8 Å². The van der Waals surface area contributed by atoms with Crippen LogP contribution in [0.25, 0.3) is 0 Å². The van der Waals surface area contributed by atoms with Crippen LogP contribution in [0.5, 0.6) is 11.5 Å². The van der Waals surface area contributed by atoms with Crippen molar-refractivity contribution in [1.29, 1.82) is 0 Å². The summed E-state index contributed by atoms with van der Waals surface area (Å²) in [5.74, 6) is 1.15. The van der Waals surface area contributed by atoms with Crippen LogP contribution < -0.4 is 20.1 Å². The van der Waals surface area contributed by atoms with E-state index in [-0.39, 0.29) is 18.4 Å². The zero-order valence-electron chi connectivity index (χ0n) is 14.0. The third-order valence-electron chi connectivity index (χ3n) is 3.79. The Balaban J connectivity index is 1.53. The lowest BCUT2D eigenvalue weighted by Crippen LogP contribution is -2.21. The second-order valence-electron chi connectivity index (χ2n) is 5.66. The zero-order valence-corrected chi connectivity index (χ0v) is 14.0. The molecule has 2 N–H and O–H groups in total. The van der Waals surface area contributed by atoms with E-state index in [9.17, 15) is 9.59 Å². The summed E-state index contributed by atoms with van der Waals surface area (Å²) >= 11 is 0. The maximum atomic E-state index is 12.0. The largest absolute Gasteiger partial charge is 0.494 e. The number of hydrogen-bond acceptors (Lipinski definition) is 4. The Labute approximate surface area is 146 Å². The number of aryl methyl sites for hydroxylation is 1. The molecule has 0 fully saturated rings. The van der Waals surface area contributed by atoms with Crippen molar-refractivity contribution >= 4 is 23.2 Å². The van der Waals surface area contributed by atoms with Crippen LogP contribution in [0.1, 0.15) is 18.9 Å². The highest BCUT2D eigenvalue weighted by atomic mass is 16.5. The molecule has 1 aliphatic rings. The minimum atomic E-state index is -0.242. The molecule has 1 aliphatic heterocycles. The molecule has 1 heterocycles. The van der Waals surface area contributed by atoms with E-state index < -0.39 is 0 Å². The Morgan fingerprint density at radius 2 is 1.80 bits per heavy atom. The molecule has 0 saturated heterocycles. The molecule has 0 bridgehead atoms. The Hall–Kier alpha value is -3.02. The molecular formula is C19H20N2O4. The monoisotopic (exact) mass is 340 g/mol. The van der Waals surface area contributed by atoms with E-state index in [2.05, 4.69) is 10.6 Å². The normalized spacial score (nSPS) is 12.8. The van der Waals surface area contributed by atoms with Crippen LogP contribution in [0, 0.1) is 0 Å². The van der Waals surface area contributed by atoms with Gasteiger partial charge in [0.05, 0.1) is 6.61 Å². The smallest absolute Gasteiger partial charge is 0.262 e. The summed E-state index contributed by atoms with van der Waals surface area (Å²) in [5.41, 5.74) is 2.51. The molecular weight excluding hydrogens is 320 g/mol. The number of rotatable bonds is 6. The van der Waals surface area contributed by atoms with Gasteiger partial charge in [-0.3, -0.25) is 9.59 Å². The summed E-state index contributed by atoms with van der Waals surface area (Å²) < 4.78 is 10.8. The summed E-state index contributed by atoms with van der Waals surface area (Å²) in [7, 11) is 0. The van der Waals surface area contributed by atoms with Crippen LogP contribution >= 0.6 is 0 Å². The molecule has 6 nitrogen and oxygen atoms in total. The van der Waals surface area contributed by atoms with E-state index in [1.165, 1.54) is 0 Å². The number of fused-ring (bicyclic) bond motifs is 1. The number of carbonyl (C=O) groups excluding carboxylic acids is 2. The van der Waals surface area contributed by atoms with Gasteiger partial charge in [-0.25, -0.2) is 0 Å². The first-order valence-electron chi connectivity index (χ1n) is 8.22. The van der Waals surface area contributed by atoms with E-state index in [1.54, 1.807) is 36.4 Å². The van der Waals surface area contributed by atoms with E-state index in [4.69, 9.17) is 9.47 Å². The van der Waals surface area contributed by atoms with Crippen molar-refractivity contribution in [3.05, 3.63) is 48.0 Å². The Morgan fingerprint density at radius 3 is 2.52 bits per heavy atom. The van der Waals surface area contributed by atoms with Crippen LogP contribution in [0.3, 0.4) is 0 Å². The second kappa shape index (κ2) is 7.70. The molecule has 2 aromatic rings. The van der Waals surface area contributed by atoms with Gasteiger partial charge in [0.25, 0.3) is 5.91 Å². The topological polar surface area (TPSA) is 76.7 Å². The molecule has 2 amide bonds. The average molecular weight is 340 g/mol. The van der Waals surface area contributed by atoms with Gasteiger partial charge < -0.3 is 20.1 Å². The van der Waals surface area contributed by atoms with Gasteiger partial charge in [-0.05, 0) is 61.4 Å². The lowest BCUT2D eigenvalue weighted by molar-refractivity contribution is -0.118. The van der Waals surface area contributed by atoms with Gasteiger partial charge in [0.15, 0.2) is 6.61 Å². The minimum absolute atomic E-state index is 0.0213. The van der Waals surface area contributed by atoms with E-state index in [1.807, 2.05) is 13.0 Å². The lowest BCUT2D eigenvalue weighted by Gasteiger charge is -2.17. The van der Waals surface area contributed by atoms with Crippen molar-refractivity contribution in [2.45, 2.75) is 19.8 Å². The van der Waals surface area contributed by atoms with Crippen molar-refractivity contribution in [2.24, 2.45) is 0 Å². The maximum absolute atomic E-state index is 12.0. The van der Waals surface area contributed by atoms with Crippen LogP contribution in [0.15, 0.2) is 42.5 Å². The molecule has 0 spiro atoms. The summed E-state index contributed by atoms with van der Waals surface area (Å²) in [5, 5.41) is 5.62. The standard InChI is InChI=1S/C19H20N2O4/c1-2-24-15-5-7-16(8-6-15)25-12-19(23)20-14-4-9-17-13(11-14)3-10-18(22)21-17/h4-9,11H,2-3,10,12H2,1H3,(H,20,23)(H,21,22). The van der Waals surface area contributed by atoms with Crippen LogP contribution in [0.2, 0.25) is 0 Å². The summed E-state index contributed by atoms with van der Waals surface area (Å²) in [4.78, 5) is 23.4. The number of amides is 2. The Morgan fingerprint density at radius 1 is 1.08 bits per heavy atom. The third-order valence-corrected chi connectivity index (χ3v) is 3.79. The number of ether oxygens (including phenoxy) is 2. The minimum Gasteiger partial charge on any atom is -0.494 e. The molecule has 0 aromatic heterocycles. The highest BCUT2D eigenvalue weighted by Crippen LogP contribution is 2.25. The van der Waals surface area contributed by atoms with Gasteiger partial charge in [0, 0.05) is 17.8 Å². The summed E-state index contributed by atoms with van der Waals surface area (Å²) in [6, 6.07) is 12.6. The number of carbonyl (C=O) groups is 2. The van der Waals surface area contributed by atoms with Gasteiger partial charge in [0.2, 0.25) is 5.91 Å². The van der Waals surface area contributed by atoms with Gasteiger partial charge in [-0.15, -0.1) is 0 Å². The fourth-order valence-corrected chi connectivity index (χ4v) is 2.61. The summed E-state index contributed by atoms with van der Waals surface area (Å²) in [6.07, 6.45) is 1.14. The molecule has 25 heavy (non-hydrogen) atoms. The Bertz CT molecular complexity index is 771. The number of benzene rings is 2. The lowest BCUT2D eigenvalue weighted by atomic mass is 10.0. The number of nitrogens with one attached hydrogen (secondary N) is 2. The fourth-order valence-electron chi connectivity index (χ4n) is 2.61. The quantitative estimate of drug-likeness (QED) is 0.847. The predicted molar refractivity (Wildman–Crippen MR) is 95.1 cm³/mol. The molecule has 0 unspecified atom stereocenters. The SMILES string of the molecule is CCOc1ccc(OCC(=O)Nc2ccc3c(c2)CCC(=O)N3)cc1. The zero-order chi connectivity index (χ0) is 17.6. The van der Waals surface area contributed by atoms with Crippen molar-refractivity contribution in [3.8, 4) is 11.5 Å².